The third-order valence-electron chi connectivity index (χ3n) is 2.37. The van der Waals surface area contributed by atoms with Gasteiger partial charge in [-0.3, -0.25) is 0 Å². The van der Waals surface area contributed by atoms with Crippen LogP contribution in [0.15, 0.2) is 4.90 Å². The van der Waals surface area contributed by atoms with Crippen molar-refractivity contribution in [3.05, 3.63) is 0 Å². The highest BCUT2D eigenvalue weighted by Gasteiger charge is 2.22. The van der Waals surface area contributed by atoms with Gasteiger partial charge in [0.05, 0.1) is 0 Å². The van der Waals surface area contributed by atoms with Crippen LogP contribution in [0.2, 0.25) is 0 Å². The molecule has 0 aromatic carbocycles. The van der Waals surface area contributed by atoms with Gasteiger partial charge >= 0.3 is 0 Å². The van der Waals surface area contributed by atoms with E-state index < -0.39 is 9.84 Å². The van der Waals surface area contributed by atoms with E-state index in [9.17, 15) is 8.42 Å². The molecule has 0 fully saturated rings. The highest BCUT2D eigenvalue weighted by atomic mass is 32.2. The first-order valence-electron chi connectivity index (χ1n) is 5.11. The number of nitrogens with one attached hydrogen (secondary N) is 1. The molecular weight excluding hydrogens is 246 g/mol. The van der Waals surface area contributed by atoms with Crippen LogP contribution >= 0.6 is 11.5 Å². The second-order valence-electron chi connectivity index (χ2n) is 3.66. The Kier molecular flexibility index (Phi) is 4.15. The summed E-state index contributed by atoms with van der Waals surface area (Å²) in [5.74, 6) is 0.0842. The summed E-state index contributed by atoms with van der Waals surface area (Å²) in [5, 5.41) is 3.72. The number of rotatable bonds is 5. The number of nitrogens with zero attached hydrogens (tertiary/aromatic N) is 1. The molecule has 3 N–H and O–H groups in total. The summed E-state index contributed by atoms with van der Waals surface area (Å²) in [7, 11) is -3.32. The first kappa shape index (κ1) is 13.2. The van der Waals surface area contributed by atoms with Gasteiger partial charge in [-0.15, -0.1) is 0 Å². The SMILES string of the molecule is CCC(CC)Nc1snc(N)c1S(C)(=O)=O. The minimum atomic E-state index is -3.32. The van der Waals surface area contributed by atoms with Crippen molar-refractivity contribution < 1.29 is 8.42 Å². The van der Waals surface area contributed by atoms with E-state index in [0.717, 1.165) is 30.6 Å². The van der Waals surface area contributed by atoms with Gasteiger partial charge in [0.15, 0.2) is 15.7 Å². The molecule has 1 rings (SSSR count). The number of nitrogens with two attached hydrogens (primary N) is 1. The number of sulfone groups is 1. The Morgan fingerprint density at radius 2 is 2.00 bits per heavy atom. The normalized spacial score (nSPS) is 12.0. The van der Waals surface area contributed by atoms with Gasteiger partial charge in [0.1, 0.15) is 9.90 Å². The lowest BCUT2D eigenvalue weighted by molar-refractivity contribution is 0.602. The third-order valence-corrected chi connectivity index (χ3v) is 4.44. The molecule has 0 aliphatic heterocycles. The molecule has 0 spiro atoms. The van der Waals surface area contributed by atoms with E-state index >= 15 is 0 Å². The zero-order valence-electron chi connectivity index (χ0n) is 9.65. The van der Waals surface area contributed by atoms with Gasteiger partial charge in [-0.05, 0) is 24.4 Å². The molecule has 92 valence electrons. The largest absolute Gasteiger partial charge is 0.382 e. The zero-order chi connectivity index (χ0) is 12.3. The third kappa shape index (κ3) is 2.85. The molecule has 16 heavy (non-hydrogen) atoms. The van der Waals surface area contributed by atoms with Crippen molar-refractivity contribution in [2.24, 2.45) is 0 Å². The Bertz CT molecular complexity index is 449. The van der Waals surface area contributed by atoms with Gasteiger partial charge in [-0.2, -0.15) is 4.37 Å². The van der Waals surface area contributed by atoms with E-state index in [-0.39, 0.29) is 16.8 Å². The fraction of sp³-hybridized carbons (Fsp3) is 0.667. The van der Waals surface area contributed by atoms with Crippen LogP contribution in [0, 0.1) is 0 Å². The maximum atomic E-state index is 11.5. The molecule has 0 unspecified atom stereocenters. The van der Waals surface area contributed by atoms with Crippen LogP contribution in [-0.2, 0) is 9.84 Å². The van der Waals surface area contributed by atoms with Crippen molar-refractivity contribution in [1.82, 2.24) is 4.37 Å². The highest BCUT2D eigenvalue weighted by Crippen LogP contribution is 2.32. The van der Waals surface area contributed by atoms with Gasteiger partial charge in [-0.25, -0.2) is 8.42 Å². The maximum Gasteiger partial charge on any atom is 0.182 e. The lowest BCUT2D eigenvalue weighted by Gasteiger charge is -2.15. The van der Waals surface area contributed by atoms with E-state index in [1.165, 1.54) is 0 Å². The van der Waals surface area contributed by atoms with Crippen LogP contribution in [0.1, 0.15) is 26.7 Å². The molecular formula is C9H17N3O2S2. The summed E-state index contributed by atoms with van der Waals surface area (Å²) in [5.41, 5.74) is 5.57. The average molecular weight is 263 g/mol. The molecule has 0 radical (unpaired) electrons. The quantitative estimate of drug-likeness (QED) is 0.845. The molecule has 0 saturated heterocycles. The zero-order valence-corrected chi connectivity index (χ0v) is 11.3. The molecule has 0 saturated carbocycles. The standard InChI is InChI=1S/C9H17N3O2S2/c1-4-6(5-2)11-9-7(16(3,13)14)8(10)12-15-9/h6,11H,4-5H2,1-3H3,(H2,10,12). The lowest BCUT2D eigenvalue weighted by Crippen LogP contribution is -2.17. The molecule has 1 heterocycles. The Morgan fingerprint density at radius 3 is 2.44 bits per heavy atom. The number of hydrogen-bond acceptors (Lipinski definition) is 6. The summed E-state index contributed by atoms with van der Waals surface area (Å²) >= 11 is 1.10. The van der Waals surface area contributed by atoms with Crippen molar-refractivity contribution in [1.29, 1.82) is 0 Å². The topological polar surface area (TPSA) is 85.1 Å². The van der Waals surface area contributed by atoms with Gasteiger partial charge in [0, 0.05) is 12.3 Å². The molecule has 1 aromatic rings. The number of anilines is 2. The predicted molar refractivity (Wildman–Crippen MR) is 67.6 cm³/mol. The van der Waals surface area contributed by atoms with E-state index in [4.69, 9.17) is 5.73 Å². The Morgan fingerprint density at radius 1 is 1.44 bits per heavy atom. The summed E-state index contributed by atoms with van der Waals surface area (Å²) in [6.45, 7) is 4.09. The number of hydrogen-bond donors (Lipinski definition) is 2. The van der Waals surface area contributed by atoms with Crippen molar-refractivity contribution in [3.63, 3.8) is 0 Å². The van der Waals surface area contributed by atoms with Crippen molar-refractivity contribution in [3.8, 4) is 0 Å². The number of aromatic nitrogens is 1. The average Bonchev–Trinajstić information content (AvgIpc) is 2.55. The van der Waals surface area contributed by atoms with E-state index in [2.05, 4.69) is 9.69 Å². The fourth-order valence-electron chi connectivity index (χ4n) is 1.42. The molecule has 0 amide bonds. The van der Waals surface area contributed by atoms with Crippen LogP contribution in [-0.4, -0.2) is 25.1 Å². The Hall–Kier alpha value is -0.820. The van der Waals surface area contributed by atoms with Crippen LogP contribution in [0.4, 0.5) is 10.8 Å². The summed E-state index contributed by atoms with van der Waals surface area (Å²) in [6.07, 6.45) is 3.00. The maximum absolute atomic E-state index is 11.5. The van der Waals surface area contributed by atoms with Gasteiger partial charge < -0.3 is 11.1 Å². The summed E-state index contributed by atoms with van der Waals surface area (Å²) in [4.78, 5) is 0.129. The molecule has 0 aliphatic rings. The van der Waals surface area contributed by atoms with E-state index in [1.807, 2.05) is 13.8 Å². The van der Waals surface area contributed by atoms with Crippen LogP contribution in [0.5, 0.6) is 0 Å². The van der Waals surface area contributed by atoms with Gasteiger partial charge in [0.2, 0.25) is 0 Å². The van der Waals surface area contributed by atoms with Crippen LogP contribution < -0.4 is 11.1 Å². The predicted octanol–water partition coefficient (Wildman–Crippen LogP) is 1.73. The molecule has 1 aromatic heterocycles. The lowest BCUT2D eigenvalue weighted by atomic mass is 10.2. The molecule has 0 bridgehead atoms. The molecule has 5 nitrogen and oxygen atoms in total. The minimum Gasteiger partial charge on any atom is -0.382 e. The summed E-state index contributed by atoms with van der Waals surface area (Å²) < 4.78 is 27.0. The van der Waals surface area contributed by atoms with Crippen molar-refractivity contribution >= 4 is 32.2 Å². The fourth-order valence-corrected chi connectivity index (χ4v) is 3.56. The monoisotopic (exact) mass is 263 g/mol. The molecule has 7 heteroatoms. The van der Waals surface area contributed by atoms with E-state index in [0.29, 0.717) is 5.00 Å². The van der Waals surface area contributed by atoms with Gasteiger partial charge in [-0.1, -0.05) is 13.8 Å². The highest BCUT2D eigenvalue weighted by molar-refractivity contribution is 7.91. The number of nitrogen functional groups attached to an aromatic ring is 1. The van der Waals surface area contributed by atoms with E-state index in [1.54, 1.807) is 0 Å². The first-order chi connectivity index (χ1) is 7.40. The van der Waals surface area contributed by atoms with Crippen molar-refractivity contribution in [2.75, 3.05) is 17.3 Å². The second-order valence-corrected chi connectivity index (χ2v) is 6.38. The van der Waals surface area contributed by atoms with Gasteiger partial charge in [0.25, 0.3) is 0 Å². The van der Waals surface area contributed by atoms with Crippen LogP contribution in [0.3, 0.4) is 0 Å². The Labute approximate surface area is 100 Å². The Balaban J connectivity index is 3.07. The second kappa shape index (κ2) is 5.01. The minimum absolute atomic E-state index is 0.0842. The smallest absolute Gasteiger partial charge is 0.182 e. The first-order valence-corrected chi connectivity index (χ1v) is 7.78. The molecule has 0 atom stereocenters. The van der Waals surface area contributed by atoms with Crippen LogP contribution in [0.25, 0.3) is 0 Å². The molecule has 0 aliphatic carbocycles. The van der Waals surface area contributed by atoms with Crippen molar-refractivity contribution in [2.45, 2.75) is 37.6 Å². The summed E-state index contributed by atoms with van der Waals surface area (Å²) in [6, 6.07) is 0.250.